The summed E-state index contributed by atoms with van der Waals surface area (Å²) >= 11 is 5.91. The minimum Gasteiger partial charge on any atom is -0.550 e. The van der Waals surface area contributed by atoms with E-state index < -0.39 is 30.3 Å². The molecule has 0 aliphatic carbocycles. The molecule has 0 unspecified atom stereocenters. The standard InChI is InChI=1S/C17H15NO6S2/c1-2-7-24-11-5-3-10(4-6-11)8-13-15(21)18(17(25)26-13)12(16(22)23)9-14(19)20/h2-6,8,12H,1,7,9H2,(H,19,20)(H,22,23)/p-2/b13-8-/t12-/m1/s1. The molecule has 0 N–H and O–H groups in total. The van der Waals surface area contributed by atoms with Gasteiger partial charge in [0.1, 0.15) is 16.7 Å². The zero-order valence-electron chi connectivity index (χ0n) is 13.4. The van der Waals surface area contributed by atoms with Crippen molar-refractivity contribution < 1.29 is 29.3 Å². The van der Waals surface area contributed by atoms with Crippen LogP contribution in [0.15, 0.2) is 41.8 Å². The number of thioether (sulfide) groups is 1. The fraction of sp³-hybridized carbons (Fsp3) is 0.176. The van der Waals surface area contributed by atoms with Gasteiger partial charge in [-0.25, -0.2) is 0 Å². The van der Waals surface area contributed by atoms with Gasteiger partial charge in [0, 0.05) is 12.4 Å². The molecule has 7 nitrogen and oxygen atoms in total. The van der Waals surface area contributed by atoms with Gasteiger partial charge in [-0.2, -0.15) is 0 Å². The normalized spacial score (nSPS) is 16.6. The molecule has 9 heteroatoms. The van der Waals surface area contributed by atoms with Gasteiger partial charge in [-0.05, 0) is 23.8 Å². The van der Waals surface area contributed by atoms with Crippen LogP contribution in [0.4, 0.5) is 0 Å². The Bertz CT molecular complexity index is 787. The van der Waals surface area contributed by atoms with E-state index in [1.165, 1.54) is 6.08 Å². The smallest absolute Gasteiger partial charge is 0.266 e. The first-order valence-corrected chi connectivity index (χ1v) is 8.57. The van der Waals surface area contributed by atoms with E-state index in [9.17, 15) is 24.6 Å². The van der Waals surface area contributed by atoms with E-state index >= 15 is 0 Å². The second-order valence-electron chi connectivity index (χ2n) is 5.13. The number of rotatable bonds is 8. The van der Waals surface area contributed by atoms with Crippen LogP contribution in [0.2, 0.25) is 0 Å². The predicted molar refractivity (Wildman–Crippen MR) is 95.6 cm³/mol. The monoisotopic (exact) mass is 391 g/mol. The van der Waals surface area contributed by atoms with Crippen molar-refractivity contribution in [3.63, 3.8) is 0 Å². The van der Waals surface area contributed by atoms with Crippen molar-refractivity contribution in [3.05, 3.63) is 47.4 Å². The van der Waals surface area contributed by atoms with Crippen LogP contribution in [0.25, 0.3) is 6.08 Å². The summed E-state index contributed by atoms with van der Waals surface area (Å²) in [4.78, 5) is 35.3. The second kappa shape index (κ2) is 8.63. The lowest BCUT2D eigenvalue weighted by atomic mass is 10.1. The van der Waals surface area contributed by atoms with Crippen molar-refractivity contribution in [2.24, 2.45) is 0 Å². The van der Waals surface area contributed by atoms with E-state index in [1.807, 2.05) is 0 Å². The van der Waals surface area contributed by atoms with Crippen LogP contribution in [-0.4, -0.2) is 39.7 Å². The number of amides is 1. The molecule has 1 saturated heterocycles. The van der Waals surface area contributed by atoms with Crippen LogP contribution in [0.5, 0.6) is 5.75 Å². The van der Waals surface area contributed by atoms with E-state index in [2.05, 4.69) is 6.58 Å². The van der Waals surface area contributed by atoms with Gasteiger partial charge in [0.05, 0.1) is 16.9 Å². The van der Waals surface area contributed by atoms with Crippen LogP contribution in [0, 0.1) is 0 Å². The third kappa shape index (κ3) is 4.70. The zero-order chi connectivity index (χ0) is 19.3. The maximum atomic E-state index is 12.5. The number of carboxylic acids is 2. The van der Waals surface area contributed by atoms with Gasteiger partial charge in [-0.3, -0.25) is 9.69 Å². The van der Waals surface area contributed by atoms with Crippen LogP contribution < -0.4 is 14.9 Å². The molecule has 0 saturated carbocycles. The Morgan fingerprint density at radius 1 is 1.31 bits per heavy atom. The Morgan fingerprint density at radius 2 is 1.96 bits per heavy atom. The molecule has 1 aromatic rings. The molecule has 1 atom stereocenters. The maximum absolute atomic E-state index is 12.5. The number of thiocarbonyl (C=S) groups is 1. The first-order chi connectivity index (χ1) is 12.3. The maximum Gasteiger partial charge on any atom is 0.266 e. The Morgan fingerprint density at radius 3 is 2.50 bits per heavy atom. The van der Waals surface area contributed by atoms with Crippen molar-refractivity contribution in [2.75, 3.05) is 6.61 Å². The van der Waals surface area contributed by atoms with Crippen molar-refractivity contribution in [2.45, 2.75) is 12.5 Å². The highest BCUT2D eigenvalue weighted by molar-refractivity contribution is 8.26. The summed E-state index contributed by atoms with van der Waals surface area (Å²) in [7, 11) is 0. The number of aliphatic carboxylic acids is 2. The number of carbonyl (C=O) groups is 3. The molecule has 1 amide bonds. The zero-order valence-corrected chi connectivity index (χ0v) is 15.0. The van der Waals surface area contributed by atoms with Gasteiger partial charge in [0.2, 0.25) is 0 Å². The number of ether oxygens (including phenoxy) is 1. The molecule has 1 aliphatic rings. The minimum absolute atomic E-state index is 0.0531. The summed E-state index contributed by atoms with van der Waals surface area (Å²) in [5.74, 6) is -3.40. The highest BCUT2D eigenvalue weighted by atomic mass is 32.2. The van der Waals surface area contributed by atoms with Crippen molar-refractivity contribution >= 4 is 52.2 Å². The molecule has 1 heterocycles. The molecule has 1 aliphatic heterocycles. The van der Waals surface area contributed by atoms with Gasteiger partial charge < -0.3 is 24.5 Å². The molecular formula is C17H13NO6S2-2. The van der Waals surface area contributed by atoms with E-state index in [1.54, 1.807) is 30.3 Å². The van der Waals surface area contributed by atoms with Crippen LogP contribution in [0.1, 0.15) is 12.0 Å². The summed E-state index contributed by atoms with van der Waals surface area (Å²) in [6, 6.07) is 5.12. The summed E-state index contributed by atoms with van der Waals surface area (Å²) in [5.41, 5.74) is 0.668. The summed E-state index contributed by atoms with van der Waals surface area (Å²) < 4.78 is 5.30. The average molecular weight is 391 g/mol. The third-order valence-electron chi connectivity index (χ3n) is 3.31. The van der Waals surface area contributed by atoms with E-state index in [4.69, 9.17) is 17.0 Å². The Balaban J connectivity index is 2.21. The van der Waals surface area contributed by atoms with Crippen molar-refractivity contribution in [3.8, 4) is 5.75 Å². The van der Waals surface area contributed by atoms with Gasteiger partial charge in [-0.15, -0.1) is 0 Å². The van der Waals surface area contributed by atoms with Gasteiger partial charge in [0.15, 0.2) is 0 Å². The molecule has 0 radical (unpaired) electrons. The quantitative estimate of drug-likeness (QED) is 0.338. The van der Waals surface area contributed by atoms with E-state index in [-0.39, 0.29) is 9.23 Å². The molecule has 2 rings (SSSR count). The van der Waals surface area contributed by atoms with Gasteiger partial charge >= 0.3 is 0 Å². The molecule has 0 aromatic heterocycles. The van der Waals surface area contributed by atoms with Crippen LogP contribution >= 0.6 is 24.0 Å². The van der Waals surface area contributed by atoms with Gasteiger partial charge in [0.25, 0.3) is 5.91 Å². The molecular weight excluding hydrogens is 378 g/mol. The first-order valence-electron chi connectivity index (χ1n) is 7.35. The molecule has 0 spiro atoms. The molecule has 1 fully saturated rings. The second-order valence-corrected chi connectivity index (χ2v) is 6.81. The molecule has 1 aromatic carbocycles. The van der Waals surface area contributed by atoms with E-state index in [0.717, 1.165) is 16.7 Å². The lowest BCUT2D eigenvalue weighted by molar-refractivity contribution is -0.319. The summed E-state index contributed by atoms with van der Waals surface area (Å²) in [5, 5.41) is 21.9. The highest BCUT2D eigenvalue weighted by Gasteiger charge is 2.37. The molecule has 0 bridgehead atoms. The Hall–Kier alpha value is -2.65. The largest absolute Gasteiger partial charge is 0.550 e. The number of carboxylic acid groups (broad SMARTS) is 2. The number of nitrogens with zero attached hydrogens (tertiary/aromatic N) is 1. The van der Waals surface area contributed by atoms with Crippen LogP contribution in [-0.2, 0) is 14.4 Å². The fourth-order valence-electron chi connectivity index (χ4n) is 2.15. The Kier molecular flexibility index (Phi) is 6.53. The van der Waals surface area contributed by atoms with Crippen LogP contribution in [0.3, 0.4) is 0 Å². The van der Waals surface area contributed by atoms with Gasteiger partial charge in [-0.1, -0.05) is 48.8 Å². The minimum atomic E-state index is -1.71. The number of carbonyl (C=O) groups excluding carboxylic acids is 3. The van der Waals surface area contributed by atoms with Crippen molar-refractivity contribution in [1.82, 2.24) is 4.90 Å². The topological polar surface area (TPSA) is 110 Å². The first kappa shape index (κ1) is 19.7. The summed E-state index contributed by atoms with van der Waals surface area (Å²) in [6.45, 7) is 3.91. The number of hydrogen-bond donors (Lipinski definition) is 0. The highest BCUT2D eigenvalue weighted by Crippen LogP contribution is 2.34. The molecule has 26 heavy (non-hydrogen) atoms. The fourth-order valence-corrected chi connectivity index (χ4v) is 3.51. The lowest BCUT2D eigenvalue weighted by Gasteiger charge is -2.27. The van der Waals surface area contributed by atoms with E-state index in [0.29, 0.717) is 17.9 Å². The Labute approximate surface area is 158 Å². The van der Waals surface area contributed by atoms with Crippen molar-refractivity contribution in [1.29, 1.82) is 0 Å². The lowest BCUT2D eigenvalue weighted by Crippen LogP contribution is -2.52. The SMILES string of the molecule is C=CCOc1ccc(/C=C2\SC(=S)N([C@H](CC(=O)[O-])C(=O)[O-])C2=O)cc1. The predicted octanol–water partition coefficient (Wildman–Crippen LogP) is -0.289. The number of benzene rings is 1. The average Bonchev–Trinajstić information content (AvgIpc) is 2.85. The number of hydrogen-bond acceptors (Lipinski definition) is 8. The molecule has 136 valence electrons. The summed E-state index contributed by atoms with van der Waals surface area (Å²) in [6.07, 6.45) is 2.24. The third-order valence-corrected chi connectivity index (χ3v) is 4.64.